The van der Waals surface area contributed by atoms with Crippen LogP contribution in [0.5, 0.6) is 0 Å². The molecule has 0 saturated heterocycles. The van der Waals surface area contributed by atoms with Crippen molar-refractivity contribution in [1.29, 1.82) is 0 Å². The molecule has 2 aromatic heterocycles. The summed E-state index contributed by atoms with van der Waals surface area (Å²) in [6.07, 6.45) is 5.17. The molecule has 3 aromatic rings. The predicted octanol–water partition coefficient (Wildman–Crippen LogP) is 6.15. The molecule has 0 saturated carbocycles. The van der Waals surface area contributed by atoms with Crippen molar-refractivity contribution in [3.8, 4) is 0 Å². The Balaban J connectivity index is 1.95. The number of fused-ring (bicyclic) bond motifs is 1. The van der Waals surface area contributed by atoms with E-state index in [0.717, 1.165) is 41.8 Å². The van der Waals surface area contributed by atoms with Crippen LogP contribution in [-0.4, -0.2) is 21.5 Å². The Labute approximate surface area is 179 Å². The Morgan fingerprint density at radius 3 is 2.47 bits per heavy atom. The zero-order valence-electron chi connectivity index (χ0n) is 19.0. The molecule has 1 aromatic carbocycles. The van der Waals surface area contributed by atoms with Crippen LogP contribution >= 0.6 is 0 Å². The van der Waals surface area contributed by atoms with Gasteiger partial charge in [0, 0.05) is 28.9 Å². The molecule has 2 heterocycles. The maximum Gasteiger partial charge on any atom is 0.253 e. The zero-order chi connectivity index (χ0) is 21.9. The molecular weight excluding hydrogens is 372 g/mol. The summed E-state index contributed by atoms with van der Waals surface area (Å²) in [5, 5.41) is 7.40. The predicted molar refractivity (Wildman–Crippen MR) is 126 cm³/mol. The number of amides is 1. The average molecular weight is 407 g/mol. The van der Waals surface area contributed by atoms with Crippen LogP contribution in [-0.2, 0) is 5.54 Å². The minimum absolute atomic E-state index is 0.0346. The molecule has 1 amide bonds. The number of anilines is 2. The van der Waals surface area contributed by atoms with Gasteiger partial charge in [-0.05, 0) is 65.3 Å². The molecule has 160 valence electrons. The quantitative estimate of drug-likeness (QED) is 0.494. The molecule has 0 spiro atoms. The van der Waals surface area contributed by atoms with Crippen molar-refractivity contribution in [2.24, 2.45) is 0 Å². The molecule has 0 radical (unpaired) electrons. The third-order valence-corrected chi connectivity index (χ3v) is 5.31. The number of rotatable bonds is 7. The second-order valence-corrected chi connectivity index (χ2v) is 9.16. The third-order valence-electron chi connectivity index (χ3n) is 5.31. The Morgan fingerprint density at radius 1 is 1.13 bits per heavy atom. The first kappa shape index (κ1) is 21.9. The monoisotopic (exact) mass is 406 g/mol. The van der Waals surface area contributed by atoms with Gasteiger partial charge in [0.25, 0.3) is 5.91 Å². The summed E-state index contributed by atoms with van der Waals surface area (Å²) in [7, 11) is 0. The molecule has 0 fully saturated rings. The molecule has 0 aliphatic carbocycles. The van der Waals surface area contributed by atoms with Crippen LogP contribution in [0.3, 0.4) is 0 Å². The molecule has 1 atom stereocenters. The van der Waals surface area contributed by atoms with Gasteiger partial charge in [-0.1, -0.05) is 37.5 Å². The van der Waals surface area contributed by atoms with Crippen LogP contribution in [0, 0.1) is 6.92 Å². The summed E-state index contributed by atoms with van der Waals surface area (Å²) in [6, 6.07) is 12.3. The van der Waals surface area contributed by atoms with Crippen LogP contribution in [0.15, 0.2) is 42.6 Å². The van der Waals surface area contributed by atoms with Gasteiger partial charge in [0.2, 0.25) is 0 Å². The summed E-state index contributed by atoms with van der Waals surface area (Å²) in [5.74, 6) is 0.728. The molecule has 2 N–H and O–H groups in total. The summed E-state index contributed by atoms with van der Waals surface area (Å²) in [4.78, 5) is 17.9. The largest absolute Gasteiger partial charge is 0.350 e. The van der Waals surface area contributed by atoms with Crippen molar-refractivity contribution in [1.82, 2.24) is 14.9 Å². The maximum atomic E-state index is 13.0. The first-order valence-corrected chi connectivity index (χ1v) is 10.9. The van der Waals surface area contributed by atoms with E-state index in [4.69, 9.17) is 4.98 Å². The number of unbranched alkanes of at least 4 members (excludes halogenated alkanes) is 1. The minimum atomic E-state index is -0.194. The number of carbonyl (C=O) groups excluding carboxylic acids is 1. The molecule has 30 heavy (non-hydrogen) atoms. The second kappa shape index (κ2) is 8.90. The highest BCUT2D eigenvalue weighted by Crippen LogP contribution is 2.28. The Hall–Kier alpha value is -2.82. The lowest BCUT2D eigenvalue weighted by Gasteiger charge is -2.22. The number of nitrogens with zero attached hydrogens (tertiary/aromatic N) is 2. The van der Waals surface area contributed by atoms with Gasteiger partial charge in [-0.2, -0.15) is 0 Å². The number of benzene rings is 1. The van der Waals surface area contributed by atoms with Gasteiger partial charge in [-0.3, -0.25) is 4.79 Å². The van der Waals surface area contributed by atoms with E-state index in [0.29, 0.717) is 5.56 Å². The van der Waals surface area contributed by atoms with E-state index in [1.807, 2.05) is 30.5 Å². The van der Waals surface area contributed by atoms with Crippen LogP contribution in [0.4, 0.5) is 11.5 Å². The molecule has 5 heteroatoms. The zero-order valence-corrected chi connectivity index (χ0v) is 19.0. The summed E-state index contributed by atoms with van der Waals surface area (Å²) in [6.45, 7) is 12.7. The third kappa shape index (κ3) is 5.02. The standard InChI is InChI=1S/C25H34N4O/c1-7-8-9-18(3)26-24(30)21-16-29(25(4,5)6)23-20(21)14-15-22(28-23)27-19-12-10-17(2)11-13-19/h10-16,18H,7-9H2,1-6H3,(H,26,30)(H,27,28)/t18-/m1/s1. The van der Waals surface area contributed by atoms with Gasteiger partial charge in [0.15, 0.2) is 0 Å². The molecular formula is C25H34N4O. The highest BCUT2D eigenvalue weighted by molar-refractivity contribution is 6.06. The molecule has 0 unspecified atom stereocenters. The van der Waals surface area contributed by atoms with Gasteiger partial charge >= 0.3 is 0 Å². The molecule has 0 aliphatic rings. The molecule has 3 rings (SSSR count). The molecule has 0 bridgehead atoms. The van der Waals surface area contributed by atoms with Crippen molar-refractivity contribution in [2.75, 3.05) is 5.32 Å². The fourth-order valence-corrected chi connectivity index (χ4v) is 3.53. The number of nitrogens with one attached hydrogen (secondary N) is 2. The van der Waals surface area contributed by atoms with Gasteiger partial charge in [-0.25, -0.2) is 4.98 Å². The van der Waals surface area contributed by atoms with Gasteiger partial charge in [-0.15, -0.1) is 0 Å². The SMILES string of the molecule is CCCC[C@@H](C)NC(=O)c1cn(C(C)(C)C)c2nc(Nc3ccc(C)cc3)ccc12. The smallest absolute Gasteiger partial charge is 0.253 e. The summed E-state index contributed by atoms with van der Waals surface area (Å²) >= 11 is 0. The lowest BCUT2D eigenvalue weighted by atomic mass is 10.1. The van der Waals surface area contributed by atoms with Gasteiger partial charge in [0.1, 0.15) is 11.5 Å². The topological polar surface area (TPSA) is 59.0 Å². The van der Waals surface area contributed by atoms with Gasteiger partial charge in [0.05, 0.1) is 5.56 Å². The maximum absolute atomic E-state index is 13.0. The number of aromatic nitrogens is 2. The summed E-state index contributed by atoms with van der Waals surface area (Å²) < 4.78 is 2.09. The van der Waals surface area contributed by atoms with Crippen LogP contribution in [0.25, 0.3) is 11.0 Å². The lowest BCUT2D eigenvalue weighted by Crippen LogP contribution is -2.32. The first-order chi connectivity index (χ1) is 14.2. The highest BCUT2D eigenvalue weighted by atomic mass is 16.1. The van der Waals surface area contributed by atoms with E-state index in [9.17, 15) is 4.79 Å². The van der Waals surface area contributed by atoms with Crippen LogP contribution in [0.1, 0.15) is 69.8 Å². The van der Waals surface area contributed by atoms with Crippen LogP contribution in [0.2, 0.25) is 0 Å². The minimum Gasteiger partial charge on any atom is -0.350 e. The fourth-order valence-electron chi connectivity index (χ4n) is 3.53. The van der Waals surface area contributed by atoms with Crippen LogP contribution < -0.4 is 10.6 Å². The van der Waals surface area contributed by atoms with Gasteiger partial charge < -0.3 is 15.2 Å². The van der Waals surface area contributed by atoms with Crippen molar-refractivity contribution < 1.29 is 4.79 Å². The van der Waals surface area contributed by atoms with E-state index >= 15 is 0 Å². The van der Waals surface area contributed by atoms with Crippen molar-refractivity contribution in [2.45, 2.75) is 72.4 Å². The average Bonchev–Trinajstić information content (AvgIpc) is 3.07. The summed E-state index contributed by atoms with van der Waals surface area (Å²) in [5.41, 5.74) is 3.50. The van der Waals surface area contributed by atoms with E-state index in [-0.39, 0.29) is 17.5 Å². The number of pyridine rings is 1. The Kier molecular flexibility index (Phi) is 6.49. The van der Waals surface area contributed by atoms with E-state index in [1.54, 1.807) is 0 Å². The molecule has 5 nitrogen and oxygen atoms in total. The lowest BCUT2D eigenvalue weighted by molar-refractivity contribution is 0.0939. The van der Waals surface area contributed by atoms with Crippen molar-refractivity contribution in [3.63, 3.8) is 0 Å². The Bertz CT molecular complexity index is 1010. The number of carbonyl (C=O) groups is 1. The highest BCUT2D eigenvalue weighted by Gasteiger charge is 2.23. The fraction of sp³-hybridized carbons (Fsp3) is 0.440. The van der Waals surface area contributed by atoms with Crippen molar-refractivity contribution >= 4 is 28.4 Å². The second-order valence-electron chi connectivity index (χ2n) is 9.16. The van der Waals surface area contributed by atoms with E-state index in [1.165, 1.54) is 5.56 Å². The van der Waals surface area contributed by atoms with Crippen molar-refractivity contribution in [3.05, 3.63) is 53.7 Å². The number of aryl methyl sites for hydroxylation is 1. The van der Waals surface area contributed by atoms with E-state index in [2.05, 4.69) is 68.9 Å². The number of hydrogen-bond acceptors (Lipinski definition) is 3. The molecule has 0 aliphatic heterocycles. The first-order valence-electron chi connectivity index (χ1n) is 10.9. The van der Waals surface area contributed by atoms with E-state index < -0.39 is 0 Å². The Morgan fingerprint density at radius 2 is 1.83 bits per heavy atom. The number of hydrogen-bond donors (Lipinski definition) is 2. The normalized spacial score (nSPS) is 12.7.